The fourth-order valence-electron chi connectivity index (χ4n) is 6.69. The molecule has 64 heavy (non-hydrogen) atoms. The first-order valence-electron chi connectivity index (χ1n) is 18.8. The smallest absolute Gasteiger partial charge is 0.247 e. The fraction of sp³-hybridized carbons (Fsp3) is 0.250. The Kier molecular flexibility index (Phi) is 15.1. The van der Waals surface area contributed by atoms with Crippen molar-refractivity contribution in [3.8, 4) is 22.5 Å². The molecule has 24 heteroatoms. The lowest BCUT2D eigenvalue weighted by molar-refractivity contribution is 0.380. The van der Waals surface area contributed by atoms with E-state index >= 15 is 0 Å². The van der Waals surface area contributed by atoms with Crippen LogP contribution in [0, 0.1) is 48.8 Å². The van der Waals surface area contributed by atoms with Crippen LogP contribution in [-0.2, 0) is 20.0 Å². The van der Waals surface area contributed by atoms with Crippen LogP contribution in [0.25, 0.3) is 22.5 Å². The van der Waals surface area contributed by atoms with Gasteiger partial charge in [-0.1, -0.05) is 12.1 Å². The largest absolute Gasteiger partial charge is 0.345 e. The Balaban J connectivity index is 0.000000191. The number of hydrogen-bond donors (Lipinski definition) is 0. The number of nitrogens with zero attached hydrogens (tertiary/aromatic N) is 6. The van der Waals surface area contributed by atoms with Gasteiger partial charge in [0.05, 0.1) is 29.3 Å². The van der Waals surface area contributed by atoms with Gasteiger partial charge in [0, 0.05) is 74.2 Å². The zero-order valence-corrected chi connectivity index (χ0v) is 42.8. The van der Waals surface area contributed by atoms with Crippen LogP contribution in [0.15, 0.2) is 87.0 Å². The van der Waals surface area contributed by atoms with Crippen LogP contribution in [0.2, 0.25) is 0 Å². The first-order chi connectivity index (χ1) is 30.2. The molecule has 0 spiro atoms. The molecule has 0 amide bonds. The molecule has 10 nitrogen and oxygen atoms in total. The lowest BCUT2D eigenvalue weighted by Gasteiger charge is -2.34. The summed E-state index contributed by atoms with van der Waals surface area (Å²) in [7, 11) is -8.52. The second kappa shape index (κ2) is 19.7. The Bertz CT molecular complexity index is 2730. The molecule has 4 aromatic carbocycles. The third kappa shape index (κ3) is 10.0. The first-order valence-corrected chi connectivity index (χ1v) is 26.6. The normalized spacial score (nSPS) is 15.4. The molecular weight excluding hydrogens is 1190 g/mol. The molecule has 0 atom stereocenters. The van der Waals surface area contributed by atoms with Gasteiger partial charge < -0.3 is 9.80 Å². The minimum Gasteiger partial charge on any atom is -0.345 e. The first kappa shape index (κ1) is 49.0. The van der Waals surface area contributed by atoms with E-state index in [2.05, 4.69) is 94.7 Å². The summed E-state index contributed by atoms with van der Waals surface area (Å²) < 4.78 is 137. The average Bonchev–Trinajstić information content (AvgIpc) is 3.97. The SMILES string of the molecule is Cc1ccc(-c2csc(N3CCN(S(=O)(=O)c4c(F)c(Br)cc(F)c4Br)CC3)n2)cc1C.O=S(=O)(c1c(F)c(Br)cc(F)c1Br)N1CCN(c2nc(-c3ccc(F)c(F)c3)cs2)CC1. The monoisotopic (exact) mass is 1220 g/mol. The number of thiazole rings is 2. The van der Waals surface area contributed by atoms with Crippen molar-refractivity contribution in [1.29, 1.82) is 0 Å². The van der Waals surface area contributed by atoms with Gasteiger partial charge in [0.2, 0.25) is 20.0 Å². The van der Waals surface area contributed by atoms with Crippen LogP contribution in [0.4, 0.5) is 36.6 Å². The molecule has 4 heterocycles. The van der Waals surface area contributed by atoms with Gasteiger partial charge in [-0.25, -0.2) is 53.1 Å². The fourth-order valence-corrected chi connectivity index (χ4v) is 14.5. The molecule has 340 valence electrons. The van der Waals surface area contributed by atoms with Crippen LogP contribution in [0.1, 0.15) is 11.1 Å². The summed E-state index contributed by atoms with van der Waals surface area (Å²) in [6.07, 6.45) is 0. The van der Waals surface area contributed by atoms with Gasteiger partial charge in [-0.15, -0.1) is 22.7 Å². The Morgan fingerprint density at radius 1 is 0.516 bits per heavy atom. The van der Waals surface area contributed by atoms with E-state index in [1.54, 1.807) is 5.38 Å². The molecule has 2 fully saturated rings. The quantitative estimate of drug-likeness (QED) is 0.110. The number of rotatable bonds is 8. The highest BCUT2D eigenvalue weighted by atomic mass is 79.9. The van der Waals surface area contributed by atoms with Crippen molar-refractivity contribution in [3.63, 3.8) is 0 Å². The number of halogens is 10. The summed E-state index contributed by atoms with van der Waals surface area (Å²) in [6.45, 7) is 5.78. The van der Waals surface area contributed by atoms with Crippen molar-refractivity contribution in [2.75, 3.05) is 62.2 Å². The lowest BCUT2D eigenvalue weighted by Crippen LogP contribution is -2.48. The third-order valence-corrected chi connectivity index (χ3v) is 19.3. The van der Waals surface area contributed by atoms with Crippen molar-refractivity contribution in [2.45, 2.75) is 23.6 Å². The Labute approximate surface area is 406 Å². The second-order valence-electron chi connectivity index (χ2n) is 14.3. The van der Waals surface area contributed by atoms with Gasteiger partial charge in [0.25, 0.3) is 0 Å². The highest BCUT2D eigenvalue weighted by Gasteiger charge is 2.37. The summed E-state index contributed by atoms with van der Waals surface area (Å²) in [5.74, 6) is -5.76. The zero-order chi connectivity index (χ0) is 46.4. The molecule has 8 rings (SSSR count). The molecule has 6 aromatic rings. The molecule has 0 aliphatic carbocycles. The van der Waals surface area contributed by atoms with Crippen molar-refractivity contribution in [1.82, 2.24) is 18.6 Å². The number of sulfonamides is 2. The van der Waals surface area contributed by atoms with Crippen LogP contribution >= 0.6 is 86.4 Å². The van der Waals surface area contributed by atoms with Crippen molar-refractivity contribution in [3.05, 3.63) is 123 Å². The Morgan fingerprint density at radius 2 is 0.922 bits per heavy atom. The predicted octanol–water partition coefficient (Wildman–Crippen LogP) is 11.1. The molecule has 2 aromatic heterocycles. The summed E-state index contributed by atoms with van der Waals surface area (Å²) in [6, 6.07) is 11.4. The molecule has 0 N–H and O–H groups in total. The molecule has 0 saturated carbocycles. The van der Waals surface area contributed by atoms with E-state index in [4.69, 9.17) is 4.98 Å². The van der Waals surface area contributed by atoms with E-state index in [-0.39, 0.29) is 48.2 Å². The maximum absolute atomic E-state index is 14.6. The molecule has 2 saturated heterocycles. The lowest BCUT2D eigenvalue weighted by atomic mass is 10.1. The van der Waals surface area contributed by atoms with Crippen LogP contribution < -0.4 is 9.80 Å². The summed E-state index contributed by atoms with van der Waals surface area (Å²) in [5.41, 5.74) is 5.21. The van der Waals surface area contributed by atoms with Crippen LogP contribution in [0.3, 0.4) is 0 Å². The highest BCUT2D eigenvalue weighted by molar-refractivity contribution is 9.11. The molecule has 0 bridgehead atoms. The third-order valence-electron chi connectivity index (χ3n) is 10.4. The van der Waals surface area contributed by atoms with Gasteiger partial charge in [-0.2, -0.15) is 8.61 Å². The standard InChI is InChI=1S/C21H19Br2F2N3O2S2.C19H13Br2F4N3O2S2/c1-12-3-4-14(9-13(12)2)17-11-31-21(26-17)27-5-7-28(8-6-27)32(29,30)20-18(23)16(24)10-15(22)19(20)25;20-11-8-14(24)16(21)18(17(11)25)32(29,30)28-5-3-27(4-6-28)19-26-15(9-31-19)10-1-2-12(22)13(23)7-10/h3-4,9-11H,5-8H2,1-2H3;1-2,7-9H,3-6H2. The number of benzene rings is 4. The number of aryl methyl sites for hydroxylation is 2. The van der Waals surface area contributed by atoms with E-state index in [1.807, 2.05) is 21.2 Å². The maximum Gasteiger partial charge on any atom is 0.247 e. The van der Waals surface area contributed by atoms with E-state index < -0.39 is 73.7 Å². The minimum atomic E-state index is -4.30. The highest BCUT2D eigenvalue weighted by Crippen LogP contribution is 2.38. The second-order valence-corrected chi connectivity index (χ2v) is 23.1. The van der Waals surface area contributed by atoms with Crippen LogP contribution in [-0.4, -0.2) is 87.8 Å². The average molecular weight is 1220 g/mol. The molecule has 0 unspecified atom stereocenters. The number of aromatic nitrogens is 2. The van der Waals surface area contributed by atoms with Crippen molar-refractivity contribution in [2.24, 2.45) is 0 Å². The van der Waals surface area contributed by atoms with E-state index in [1.165, 1.54) is 44.2 Å². The van der Waals surface area contributed by atoms with E-state index in [9.17, 15) is 43.2 Å². The molecule has 2 aliphatic heterocycles. The van der Waals surface area contributed by atoms with Gasteiger partial charge >= 0.3 is 0 Å². The van der Waals surface area contributed by atoms with Gasteiger partial charge in [0.15, 0.2) is 33.5 Å². The van der Waals surface area contributed by atoms with Gasteiger partial charge in [0.1, 0.15) is 21.4 Å². The van der Waals surface area contributed by atoms with E-state index in [0.717, 1.165) is 45.0 Å². The number of anilines is 2. The summed E-state index contributed by atoms with van der Waals surface area (Å²) in [5, 5.41) is 5.07. The minimum absolute atomic E-state index is 0.0302. The summed E-state index contributed by atoms with van der Waals surface area (Å²) in [4.78, 5) is 11.6. The zero-order valence-electron chi connectivity index (χ0n) is 33.2. The number of piperazine rings is 2. The topological polar surface area (TPSA) is 107 Å². The molecule has 2 aliphatic rings. The summed E-state index contributed by atoms with van der Waals surface area (Å²) >= 11 is 14.2. The van der Waals surface area contributed by atoms with Crippen LogP contribution in [0.5, 0.6) is 0 Å². The van der Waals surface area contributed by atoms with Gasteiger partial charge in [-0.3, -0.25) is 0 Å². The van der Waals surface area contributed by atoms with E-state index in [0.29, 0.717) is 29.5 Å². The number of hydrogen-bond acceptors (Lipinski definition) is 10. The molecular formula is C40H32Br4F6N6O4S4. The molecule has 0 radical (unpaired) electrons. The Hall–Kier alpha value is -2.94. The maximum atomic E-state index is 14.6. The van der Waals surface area contributed by atoms with Gasteiger partial charge in [-0.05, 0) is 125 Å². The predicted molar refractivity (Wildman–Crippen MR) is 250 cm³/mol. The Morgan fingerprint density at radius 3 is 1.33 bits per heavy atom. The van der Waals surface area contributed by atoms with Crippen molar-refractivity contribution >= 4 is 117 Å². The van der Waals surface area contributed by atoms with Crippen molar-refractivity contribution < 1.29 is 43.2 Å².